The second kappa shape index (κ2) is 5.59. The van der Waals surface area contributed by atoms with Crippen molar-refractivity contribution >= 4 is 22.9 Å². The van der Waals surface area contributed by atoms with Gasteiger partial charge in [-0.2, -0.15) is 9.97 Å². The zero-order chi connectivity index (χ0) is 15.7. The Morgan fingerprint density at radius 2 is 1.95 bits per heavy atom. The fraction of sp³-hybridized carbons (Fsp3) is 0.267. The van der Waals surface area contributed by atoms with Gasteiger partial charge in [0.15, 0.2) is 17.0 Å². The lowest BCUT2D eigenvalue weighted by atomic mass is 10.2. The van der Waals surface area contributed by atoms with E-state index in [9.17, 15) is 4.39 Å². The summed E-state index contributed by atoms with van der Waals surface area (Å²) >= 11 is 0. The minimum atomic E-state index is -0.256. The third-order valence-corrected chi connectivity index (χ3v) is 3.37. The van der Waals surface area contributed by atoms with Crippen molar-refractivity contribution in [2.45, 2.75) is 26.4 Å². The van der Waals surface area contributed by atoms with Gasteiger partial charge in [-0.1, -0.05) is 12.1 Å². The average Bonchev–Trinajstić information content (AvgIpc) is 2.90. The molecule has 0 radical (unpaired) electrons. The second-order valence-corrected chi connectivity index (χ2v) is 5.33. The fourth-order valence-corrected chi connectivity index (χ4v) is 2.22. The van der Waals surface area contributed by atoms with Crippen LogP contribution in [0.15, 0.2) is 30.6 Å². The topological polar surface area (TPSA) is 81.7 Å². The van der Waals surface area contributed by atoms with Crippen LogP contribution in [0.1, 0.15) is 25.5 Å². The number of nitrogen functional groups attached to an aromatic ring is 1. The Bertz CT molecular complexity index is 794. The first-order valence-electron chi connectivity index (χ1n) is 7.03. The number of nitrogens with one attached hydrogen (secondary N) is 1. The molecule has 0 unspecified atom stereocenters. The third-order valence-electron chi connectivity index (χ3n) is 3.37. The number of benzene rings is 1. The van der Waals surface area contributed by atoms with Crippen LogP contribution in [0, 0.1) is 5.82 Å². The summed E-state index contributed by atoms with van der Waals surface area (Å²) in [6.45, 7) is 4.59. The van der Waals surface area contributed by atoms with E-state index >= 15 is 0 Å². The molecule has 0 atom stereocenters. The summed E-state index contributed by atoms with van der Waals surface area (Å²) in [4.78, 5) is 12.8. The number of hydrogen-bond acceptors (Lipinski definition) is 5. The molecular weight excluding hydrogens is 283 g/mol. The van der Waals surface area contributed by atoms with Gasteiger partial charge in [-0.15, -0.1) is 0 Å². The Morgan fingerprint density at radius 1 is 1.23 bits per heavy atom. The normalized spacial score (nSPS) is 11.3. The molecule has 0 aliphatic rings. The molecule has 7 heteroatoms. The molecule has 3 aromatic rings. The van der Waals surface area contributed by atoms with Crippen molar-refractivity contribution in [3.05, 3.63) is 42.0 Å². The molecule has 2 aromatic heterocycles. The van der Waals surface area contributed by atoms with Crippen LogP contribution in [0.5, 0.6) is 0 Å². The quantitative estimate of drug-likeness (QED) is 0.774. The van der Waals surface area contributed by atoms with Crippen LogP contribution in [-0.4, -0.2) is 19.5 Å². The monoisotopic (exact) mass is 300 g/mol. The van der Waals surface area contributed by atoms with Crippen molar-refractivity contribution in [1.29, 1.82) is 0 Å². The van der Waals surface area contributed by atoms with Gasteiger partial charge in [-0.05, 0) is 31.5 Å². The molecule has 0 saturated carbocycles. The van der Waals surface area contributed by atoms with E-state index in [1.54, 1.807) is 18.5 Å². The summed E-state index contributed by atoms with van der Waals surface area (Å²) in [6.07, 6.45) is 1.73. The first kappa shape index (κ1) is 14.2. The second-order valence-electron chi connectivity index (χ2n) is 5.33. The van der Waals surface area contributed by atoms with E-state index in [1.165, 1.54) is 12.1 Å². The van der Waals surface area contributed by atoms with Crippen molar-refractivity contribution in [2.24, 2.45) is 0 Å². The van der Waals surface area contributed by atoms with Crippen LogP contribution < -0.4 is 11.1 Å². The van der Waals surface area contributed by atoms with Gasteiger partial charge < -0.3 is 15.6 Å². The number of nitrogens with zero attached hydrogens (tertiary/aromatic N) is 4. The molecule has 1 aromatic carbocycles. The van der Waals surface area contributed by atoms with E-state index in [0.717, 1.165) is 5.56 Å². The van der Waals surface area contributed by atoms with Gasteiger partial charge >= 0.3 is 0 Å². The summed E-state index contributed by atoms with van der Waals surface area (Å²) in [5, 5.41) is 3.19. The number of nitrogens with two attached hydrogens (primary N) is 1. The maximum atomic E-state index is 12.9. The van der Waals surface area contributed by atoms with Crippen molar-refractivity contribution < 1.29 is 4.39 Å². The van der Waals surface area contributed by atoms with Gasteiger partial charge in [0, 0.05) is 12.6 Å². The van der Waals surface area contributed by atoms with Crippen molar-refractivity contribution in [3.63, 3.8) is 0 Å². The first-order valence-corrected chi connectivity index (χ1v) is 7.03. The Kier molecular flexibility index (Phi) is 3.62. The molecule has 0 saturated heterocycles. The molecule has 114 valence electrons. The molecular formula is C15H17FN6. The summed E-state index contributed by atoms with van der Waals surface area (Å²) in [7, 11) is 0. The van der Waals surface area contributed by atoms with Crippen LogP contribution in [0.2, 0.25) is 0 Å². The Labute approximate surface area is 127 Å². The summed E-state index contributed by atoms with van der Waals surface area (Å²) < 4.78 is 14.9. The smallest absolute Gasteiger partial charge is 0.224 e. The molecule has 0 amide bonds. The highest BCUT2D eigenvalue weighted by Gasteiger charge is 2.13. The largest absolute Gasteiger partial charge is 0.368 e. The number of aromatic nitrogens is 4. The molecule has 3 N–H and O–H groups in total. The molecule has 0 spiro atoms. The van der Waals surface area contributed by atoms with Crippen LogP contribution in [0.4, 0.5) is 16.2 Å². The zero-order valence-corrected chi connectivity index (χ0v) is 12.4. The van der Waals surface area contributed by atoms with Crippen molar-refractivity contribution in [1.82, 2.24) is 19.5 Å². The number of fused-ring (bicyclic) bond motifs is 1. The lowest BCUT2D eigenvalue weighted by Crippen LogP contribution is -2.07. The van der Waals surface area contributed by atoms with Gasteiger partial charge in [-0.3, -0.25) is 0 Å². The molecule has 0 aliphatic heterocycles. The highest BCUT2D eigenvalue weighted by molar-refractivity contribution is 5.84. The lowest BCUT2D eigenvalue weighted by molar-refractivity contribution is 0.613. The van der Waals surface area contributed by atoms with Crippen LogP contribution in [0.25, 0.3) is 11.2 Å². The number of hydrogen-bond donors (Lipinski definition) is 2. The Hall–Kier alpha value is -2.70. The third kappa shape index (κ3) is 2.69. The highest BCUT2D eigenvalue weighted by atomic mass is 19.1. The SMILES string of the molecule is CC(C)n1cnc2c(NCc3ccc(F)cc3)nc(N)nc21. The van der Waals surface area contributed by atoms with Crippen LogP contribution >= 0.6 is 0 Å². The van der Waals surface area contributed by atoms with Crippen molar-refractivity contribution in [3.8, 4) is 0 Å². The van der Waals surface area contributed by atoms with Gasteiger partial charge in [-0.25, -0.2) is 9.37 Å². The number of halogens is 1. The van der Waals surface area contributed by atoms with E-state index < -0.39 is 0 Å². The van der Waals surface area contributed by atoms with E-state index in [4.69, 9.17) is 5.73 Å². The summed E-state index contributed by atoms with van der Waals surface area (Å²) in [6, 6.07) is 6.51. The molecule has 0 bridgehead atoms. The lowest BCUT2D eigenvalue weighted by Gasteiger charge is -2.09. The fourth-order valence-electron chi connectivity index (χ4n) is 2.22. The van der Waals surface area contributed by atoms with Gasteiger partial charge in [0.1, 0.15) is 5.82 Å². The standard InChI is InChI=1S/C15H17FN6/c1-9(2)22-8-19-12-13(20-15(17)21-14(12)22)18-7-10-3-5-11(16)6-4-10/h3-6,8-9H,7H2,1-2H3,(H3,17,18,20,21). The van der Waals surface area contributed by atoms with Gasteiger partial charge in [0.05, 0.1) is 6.33 Å². The summed E-state index contributed by atoms with van der Waals surface area (Å²) in [5.74, 6) is 0.510. The number of rotatable bonds is 4. The first-order chi connectivity index (χ1) is 10.5. The minimum absolute atomic E-state index is 0.191. The van der Waals surface area contributed by atoms with Crippen molar-refractivity contribution in [2.75, 3.05) is 11.1 Å². The predicted molar refractivity (Wildman–Crippen MR) is 83.8 cm³/mol. The van der Waals surface area contributed by atoms with E-state index in [0.29, 0.717) is 23.5 Å². The van der Waals surface area contributed by atoms with Crippen LogP contribution in [0.3, 0.4) is 0 Å². The van der Waals surface area contributed by atoms with Gasteiger partial charge in [0.25, 0.3) is 0 Å². The number of imidazole rings is 1. The molecule has 0 aliphatic carbocycles. The van der Waals surface area contributed by atoms with E-state index in [1.807, 2.05) is 18.4 Å². The van der Waals surface area contributed by atoms with E-state index in [-0.39, 0.29) is 17.8 Å². The molecule has 3 rings (SSSR count). The molecule has 6 nitrogen and oxygen atoms in total. The molecule has 22 heavy (non-hydrogen) atoms. The highest BCUT2D eigenvalue weighted by Crippen LogP contribution is 2.22. The zero-order valence-electron chi connectivity index (χ0n) is 12.4. The Balaban J connectivity index is 1.91. The maximum Gasteiger partial charge on any atom is 0.224 e. The van der Waals surface area contributed by atoms with E-state index in [2.05, 4.69) is 20.3 Å². The van der Waals surface area contributed by atoms with Gasteiger partial charge in [0.2, 0.25) is 5.95 Å². The molecule has 0 fully saturated rings. The average molecular weight is 300 g/mol. The maximum absolute atomic E-state index is 12.9. The minimum Gasteiger partial charge on any atom is -0.368 e. The number of anilines is 2. The summed E-state index contributed by atoms with van der Waals surface area (Å²) in [5.41, 5.74) is 8.10. The van der Waals surface area contributed by atoms with Crippen LogP contribution in [-0.2, 0) is 6.54 Å². The Morgan fingerprint density at radius 3 is 2.64 bits per heavy atom. The molecule has 2 heterocycles. The predicted octanol–water partition coefficient (Wildman–Crippen LogP) is 2.74.